The van der Waals surface area contributed by atoms with Gasteiger partial charge in [-0.2, -0.15) is 0 Å². The Morgan fingerprint density at radius 3 is 2.95 bits per heavy atom. The zero-order chi connectivity index (χ0) is 14.9. The van der Waals surface area contributed by atoms with Gasteiger partial charge in [-0.05, 0) is 39.0 Å². The van der Waals surface area contributed by atoms with Gasteiger partial charge < -0.3 is 9.88 Å². The number of nitrogens with one attached hydrogen (secondary N) is 1. The molecular formula is C17H29N5. The summed E-state index contributed by atoms with van der Waals surface area (Å²) in [5.74, 6) is 2.40. The molecule has 2 atom stereocenters. The fraction of sp³-hybridized carbons (Fsp3) is 0.882. The Kier molecular flexibility index (Phi) is 4.18. The SMILES string of the molecule is CC1CC(NCCc2nnc3n2CCCCC3)CN1C1CC1. The van der Waals surface area contributed by atoms with Crippen LogP contribution in [0.1, 0.15) is 57.1 Å². The maximum absolute atomic E-state index is 4.43. The zero-order valence-corrected chi connectivity index (χ0v) is 13.8. The van der Waals surface area contributed by atoms with Gasteiger partial charge in [-0.3, -0.25) is 4.90 Å². The Morgan fingerprint density at radius 2 is 2.09 bits per heavy atom. The molecule has 0 amide bonds. The van der Waals surface area contributed by atoms with E-state index in [0.717, 1.165) is 38.0 Å². The van der Waals surface area contributed by atoms with Crippen LogP contribution in [0, 0.1) is 0 Å². The van der Waals surface area contributed by atoms with Gasteiger partial charge >= 0.3 is 0 Å². The van der Waals surface area contributed by atoms with Gasteiger partial charge in [0.15, 0.2) is 0 Å². The van der Waals surface area contributed by atoms with Crippen LogP contribution in [-0.4, -0.2) is 50.9 Å². The van der Waals surface area contributed by atoms with E-state index < -0.39 is 0 Å². The smallest absolute Gasteiger partial charge is 0.134 e. The van der Waals surface area contributed by atoms with Gasteiger partial charge in [0, 0.05) is 50.6 Å². The second-order valence-electron chi connectivity index (χ2n) is 7.41. The van der Waals surface area contributed by atoms with Gasteiger partial charge in [-0.25, -0.2) is 0 Å². The van der Waals surface area contributed by atoms with E-state index in [2.05, 4.69) is 31.9 Å². The van der Waals surface area contributed by atoms with Gasteiger partial charge in [0.2, 0.25) is 0 Å². The summed E-state index contributed by atoms with van der Waals surface area (Å²) in [6, 6.07) is 2.32. The number of fused-ring (bicyclic) bond motifs is 1. The predicted octanol–water partition coefficient (Wildman–Crippen LogP) is 1.76. The predicted molar refractivity (Wildman–Crippen MR) is 86.9 cm³/mol. The van der Waals surface area contributed by atoms with Gasteiger partial charge in [0.1, 0.15) is 11.6 Å². The number of aryl methyl sites for hydroxylation is 1. The summed E-state index contributed by atoms with van der Waals surface area (Å²) in [5, 5.41) is 12.6. The lowest BCUT2D eigenvalue weighted by molar-refractivity contribution is 0.255. The largest absolute Gasteiger partial charge is 0.315 e. The summed E-state index contributed by atoms with van der Waals surface area (Å²) in [4.78, 5) is 2.71. The standard InChI is InChI=1S/C17H29N5/c1-13-11-14(12-22(13)15-6-7-15)18-9-8-17-20-19-16-5-3-2-4-10-21(16)17/h13-15,18H,2-12H2,1H3. The first-order chi connectivity index (χ1) is 10.8. The van der Waals surface area contributed by atoms with Crippen LogP contribution >= 0.6 is 0 Å². The molecule has 1 aliphatic carbocycles. The van der Waals surface area contributed by atoms with E-state index in [9.17, 15) is 0 Å². The van der Waals surface area contributed by atoms with E-state index in [-0.39, 0.29) is 0 Å². The highest BCUT2D eigenvalue weighted by molar-refractivity contribution is 4.99. The molecule has 1 aromatic rings. The zero-order valence-electron chi connectivity index (χ0n) is 13.8. The number of rotatable bonds is 5. The summed E-state index contributed by atoms with van der Waals surface area (Å²) in [6.07, 6.45) is 10.1. The average molecular weight is 303 g/mol. The number of likely N-dealkylation sites (tertiary alicyclic amines) is 1. The molecule has 5 nitrogen and oxygen atoms in total. The van der Waals surface area contributed by atoms with Crippen LogP contribution in [0.25, 0.3) is 0 Å². The molecule has 0 aromatic carbocycles. The van der Waals surface area contributed by atoms with E-state index in [0.29, 0.717) is 6.04 Å². The molecule has 3 aliphatic rings. The van der Waals surface area contributed by atoms with E-state index in [4.69, 9.17) is 0 Å². The monoisotopic (exact) mass is 303 g/mol. The lowest BCUT2D eigenvalue weighted by Gasteiger charge is -2.19. The van der Waals surface area contributed by atoms with E-state index in [1.807, 2.05) is 0 Å². The van der Waals surface area contributed by atoms with Crippen molar-refractivity contribution in [3.05, 3.63) is 11.6 Å². The Hall–Kier alpha value is -0.940. The molecule has 0 radical (unpaired) electrons. The average Bonchev–Trinajstić information content (AvgIpc) is 3.25. The first-order valence-corrected chi connectivity index (χ1v) is 9.21. The highest BCUT2D eigenvalue weighted by Crippen LogP contribution is 2.33. The van der Waals surface area contributed by atoms with Crippen LogP contribution in [0.15, 0.2) is 0 Å². The maximum atomic E-state index is 4.43. The first kappa shape index (κ1) is 14.6. The lowest BCUT2D eigenvalue weighted by atomic mass is 10.2. The number of hydrogen-bond acceptors (Lipinski definition) is 4. The van der Waals surface area contributed by atoms with Crippen molar-refractivity contribution in [1.29, 1.82) is 0 Å². The lowest BCUT2D eigenvalue weighted by Crippen LogP contribution is -2.35. The highest BCUT2D eigenvalue weighted by Gasteiger charge is 2.38. The number of nitrogens with zero attached hydrogens (tertiary/aromatic N) is 4. The molecule has 5 heteroatoms. The molecule has 122 valence electrons. The Morgan fingerprint density at radius 1 is 1.18 bits per heavy atom. The minimum Gasteiger partial charge on any atom is -0.315 e. The van der Waals surface area contributed by atoms with Gasteiger partial charge in [-0.1, -0.05) is 6.42 Å². The second-order valence-corrected chi connectivity index (χ2v) is 7.41. The van der Waals surface area contributed by atoms with Crippen LogP contribution in [0.2, 0.25) is 0 Å². The fourth-order valence-electron chi connectivity index (χ4n) is 4.24. The molecule has 0 spiro atoms. The summed E-state index contributed by atoms with van der Waals surface area (Å²) in [7, 11) is 0. The third kappa shape index (κ3) is 3.06. The summed E-state index contributed by atoms with van der Waals surface area (Å²) >= 11 is 0. The van der Waals surface area contributed by atoms with Crippen LogP contribution in [-0.2, 0) is 19.4 Å². The number of aromatic nitrogens is 3. The van der Waals surface area contributed by atoms with E-state index in [1.165, 1.54) is 56.7 Å². The molecule has 22 heavy (non-hydrogen) atoms. The molecule has 1 aromatic heterocycles. The minimum absolute atomic E-state index is 0.669. The Bertz CT molecular complexity index is 507. The molecule has 2 aliphatic heterocycles. The van der Waals surface area contributed by atoms with E-state index >= 15 is 0 Å². The minimum atomic E-state index is 0.669. The third-order valence-corrected chi connectivity index (χ3v) is 5.61. The van der Waals surface area contributed by atoms with Crippen molar-refractivity contribution in [2.75, 3.05) is 13.1 Å². The maximum Gasteiger partial charge on any atom is 0.134 e. The fourth-order valence-corrected chi connectivity index (χ4v) is 4.24. The normalized spacial score (nSPS) is 29.5. The van der Waals surface area contributed by atoms with Crippen molar-refractivity contribution in [3.63, 3.8) is 0 Å². The summed E-state index contributed by atoms with van der Waals surface area (Å²) < 4.78 is 2.38. The van der Waals surface area contributed by atoms with Crippen molar-refractivity contribution < 1.29 is 0 Å². The van der Waals surface area contributed by atoms with Crippen molar-refractivity contribution in [2.24, 2.45) is 0 Å². The van der Waals surface area contributed by atoms with Crippen LogP contribution in [0.5, 0.6) is 0 Å². The van der Waals surface area contributed by atoms with Crippen LogP contribution in [0.3, 0.4) is 0 Å². The molecule has 0 bridgehead atoms. The van der Waals surface area contributed by atoms with Crippen LogP contribution < -0.4 is 5.32 Å². The highest BCUT2D eigenvalue weighted by atomic mass is 15.3. The number of hydrogen-bond donors (Lipinski definition) is 1. The molecular weight excluding hydrogens is 274 g/mol. The van der Waals surface area contributed by atoms with Crippen molar-refractivity contribution in [3.8, 4) is 0 Å². The quantitative estimate of drug-likeness (QED) is 0.900. The van der Waals surface area contributed by atoms with Gasteiger partial charge in [0.05, 0.1) is 0 Å². The van der Waals surface area contributed by atoms with Gasteiger partial charge in [0.25, 0.3) is 0 Å². The molecule has 3 heterocycles. The first-order valence-electron chi connectivity index (χ1n) is 9.21. The molecule has 4 rings (SSSR count). The van der Waals surface area contributed by atoms with E-state index in [1.54, 1.807) is 0 Å². The molecule has 1 saturated heterocycles. The third-order valence-electron chi connectivity index (χ3n) is 5.61. The van der Waals surface area contributed by atoms with Crippen molar-refractivity contribution in [2.45, 2.75) is 83.0 Å². The van der Waals surface area contributed by atoms with Crippen LogP contribution in [0.4, 0.5) is 0 Å². The Balaban J connectivity index is 1.28. The van der Waals surface area contributed by atoms with Gasteiger partial charge in [-0.15, -0.1) is 10.2 Å². The molecule has 1 saturated carbocycles. The molecule has 1 N–H and O–H groups in total. The summed E-state index contributed by atoms with van der Waals surface area (Å²) in [6.45, 7) is 5.78. The van der Waals surface area contributed by atoms with Crippen molar-refractivity contribution >= 4 is 0 Å². The Labute approximate surface area is 133 Å². The topological polar surface area (TPSA) is 46.0 Å². The molecule has 2 fully saturated rings. The second kappa shape index (κ2) is 6.28. The molecule has 2 unspecified atom stereocenters. The summed E-state index contributed by atoms with van der Waals surface area (Å²) in [5.41, 5.74) is 0. The van der Waals surface area contributed by atoms with Crippen molar-refractivity contribution in [1.82, 2.24) is 25.0 Å².